The minimum absolute atomic E-state index is 0.0621. The van der Waals surface area contributed by atoms with Crippen LogP contribution in [0.4, 0.5) is 0 Å². The number of benzene rings is 4. The topological polar surface area (TPSA) is 52.8 Å². The summed E-state index contributed by atoms with van der Waals surface area (Å²) in [6, 6.07) is 30.4. The molecular weight excluding hydrogens is 782 g/mol. The molecule has 4 aromatic carbocycles. The third-order valence-corrected chi connectivity index (χ3v) is 10.3. The summed E-state index contributed by atoms with van der Waals surface area (Å²) in [7, 11) is 1.68. The maximum Gasteiger partial charge on any atom is 0.271 e. The first kappa shape index (κ1) is 28.5. The summed E-state index contributed by atoms with van der Waals surface area (Å²) in [4.78, 5) is 20.2. The smallest absolute Gasteiger partial charge is 0.271 e. The predicted octanol–water partition coefficient (Wildman–Crippen LogP) is 7.12. The molecule has 7 rings (SSSR count). The SMILES string of the molecule is COc1ccccc1[C@@H]1C2=C(N=c3s/c(=C/c4cc(I)cc(I)c4OCc4ccccc4)c(=O)n31)c1ccccc1CC2. The number of rotatable bonds is 6. The van der Waals surface area contributed by atoms with Crippen molar-refractivity contribution in [2.75, 3.05) is 7.11 Å². The van der Waals surface area contributed by atoms with Gasteiger partial charge in [0.15, 0.2) is 4.80 Å². The highest BCUT2D eigenvalue weighted by atomic mass is 127. The van der Waals surface area contributed by atoms with Crippen LogP contribution >= 0.6 is 56.5 Å². The lowest BCUT2D eigenvalue weighted by atomic mass is 9.83. The third-order valence-electron chi connectivity index (χ3n) is 7.86. The normalized spacial score (nSPS) is 15.8. The van der Waals surface area contributed by atoms with Crippen LogP contribution in [-0.4, -0.2) is 11.7 Å². The Balaban J connectivity index is 1.42. The van der Waals surface area contributed by atoms with E-state index in [1.165, 1.54) is 16.9 Å². The largest absolute Gasteiger partial charge is 0.496 e. The van der Waals surface area contributed by atoms with Crippen molar-refractivity contribution in [3.05, 3.63) is 151 Å². The van der Waals surface area contributed by atoms with Gasteiger partial charge in [-0.1, -0.05) is 84.1 Å². The van der Waals surface area contributed by atoms with Crippen LogP contribution in [0, 0.1) is 7.14 Å². The maximum absolute atomic E-state index is 14.4. The number of aryl methyl sites for hydroxylation is 1. The van der Waals surface area contributed by atoms with Gasteiger partial charge in [0.25, 0.3) is 5.56 Å². The highest BCUT2D eigenvalue weighted by molar-refractivity contribution is 14.1. The zero-order chi connectivity index (χ0) is 29.5. The highest BCUT2D eigenvalue weighted by Crippen LogP contribution is 2.43. The summed E-state index contributed by atoms with van der Waals surface area (Å²) in [5, 5.41) is 0. The summed E-state index contributed by atoms with van der Waals surface area (Å²) in [6.45, 7) is 0.444. The Kier molecular flexibility index (Phi) is 8.00. The standard InChI is InChI=1S/C35H26I2N2O3S/c1-41-29-14-8-7-13-26(29)32-27-16-15-22-11-5-6-12-25(22)31(27)38-35-39(32)34(40)30(43-35)18-23-17-24(36)19-28(37)33(23)42-20-21-9-3-2-4-10-21/h2-14,17-19,32H,15-16,20H2,1H3/b30-18+/t32-/m1/s1. The predicted molar refractivity (Wildman–Crippen MR) is 188 cm³/mol. The van der Waals surface area contributed by atoms with Gasteiger partial charge in [0.1, 0.15) is 18.1 Å². The Morgan fingerprint density at radius 3 is 2.58 bits per heavy atom. The number of methoxy groups -OCH3 is 1. The molecule has 0 fully saturated rings. The average molecular weight is 808 g/mol. The molecule has 0 radical (unpaired) electrons. The molecule has 8 heteroatoms. The zero-order valence-corrected chi connectivity index (χ0v) is 28.4. The third kappa shape index (κ3) is 5.38. The van der Waals surface area contributed by atoms with Crippen molar-refractivity contribution in [3.63, 3.8) is 0 Å². The molecule has 0 spiro atoms. The van der Waals surface area contributed by atoms with Gasteiger partial charge in [0.05, 0.1) is 27.0 Å². The Bertz CT molecular complexity index is 2080. The molecule has 1 aromatic heterocycles. The van der Waals surface area contributed by atoms with E-state index in [0.717, 1.165) is 65.0 Å². The Labute approximate surface area is 280 Å². The van der Waals surface area contributed by atoms with Gasteiger partial charge in [-0.25, -0.2) is 4.99 Å². The van der Waals surface area contributed by atoms with Gasteiger partial charge in [-0.2, -0.15) is 0 Å². The van der Waals surface area contributed by atoms with E-state index in [-0.39, 0.29) is 11.6 Å². The van der Waals surface area contributed by atoms with Crippen molar-refractivity contribution in [3.8, 4) is 11.5 Å². The molecule has 1 aliphatic heterocycles. The molecule has 0 bridgehead atoms. The Morgan fingerprint density at radius 1 is 0.977 bits per heavy atom. The van der Waals surface area contributed by atoms with Crippen molar-refractivity contribution >= 4 is 68.3 Å². The quantitative estimate of drug-likeness (QED) is 0.172. The number of hydrogen-bond donors (Lipinski definition) is 0. The number of thiazole rings is 1. The van der Waals surface area contributed by atoms with Gasteiger partial charge in [0, 0.05) is 20.3 Å². The van der Waals surface area contributed by atoms with Crippen molar-refractivity contribution in [1.29, 1.82) is 0 Å². The number of aromatic nitrogens is 1. The van der Waals surface area contributed by atoms with E-state index in [0.29, 0.717) is 15.9 Å². The molecule has 2 heterocycles. The van der Waals surface area contributed by atoms with Crippen LogP contribution in [0.15, 0.2) is 106 Å². The van der Waals surface area contributed by atoms with Crippen molar-refractivity contribution in [2.45, 2.75) is 25.5 Å². The van der Waals surface area contributed by atoms with Gasteiger partial charge < -0.3 is 9.47 Å². The van der Waals surface area contributed by atoms with E-state index in [4.69, 9.17) is 14.5 Å². The van der Waals surface area contributed by atoms with Crippen molar-refractivity contribution in [1.82, 2.24) is 4.57 Å². The minimum atomic E-state index is -0.303. The molecule has 43 heavy (non-hydrogen) atoms. The Hall–Kier alpha value is -3.22. The molecule has 1 atom stereocenters. The lowest BCUT2D eigenvalue weighted by Crippen LogP contribution is -2.39. The van der Waals surface area contributed by atoms with Crippen LogP contribution < -0.4 is 24.4 Å². The second-order valence-corrected chi connectivity index (χ2v) is 13.9. The molecule has 1 aliphatic carbocycles. The van der Waals surface area contributed by atoms with Crippen LogP contribution in [0.5, 0.6) is 11.5 Å². The molecule has 5 aromatic rings. The highest BCUT2D eigenvalue weighted by Gasteiger charge is 2.34. The second kappa shape index (κ2) is 12.0. The first-order chi connectivity index (χ1) is 21.0. The molecular formula is C35H26I2N2O3S. The molecule has 0 saturated heterocycles. The average Bonchev–Trinajstić information content (AvgIpc) is 3.34. The lowest BCUT2D eigenvalue weighted by molar-refractivity contribution is 0.303. The van der Waals surface area contributed by atoms with E-state index in [1.54, 1.807) is 7.11 Å². The number of nitrogens with zero attached hydrogens (tertiary/aromatic N) is 2. The summed E-state index contributed by atoms with van der Waals surface area (Å²) in [6.07, 6.45) is 3.70. The Morgan fingerprint density at radius 2 is 1.74 bits per heavy atom. The summed E-state index contributed by atoms with van der Waals surface area (Å²) in [5.41, 5.74) is 7.43. The van der Waals surface area contributed by atoms with Crippen LogP contribution in [0.2, 0.25) is 0 Å². The van der Waals surface area contributed by atoms with Crippen molar-refractivity contribution in [2.24, 2.45) is 4.99 Å². The summed E-state index contributed by atoms with van der Waals surface area (Å²) in [5.74, 6) is 1.53. The number of para-hydroxylation sites is 1. The van der Waals surface area contributed by atoms with Gasteiger partial charge >= 0.3 is 0 Å². The van der Waals surface area contributed by atoms with Gasteiger partial charge in [-0.3, -0.25) is 9.36 Å². The minimum Gasteiger partial charge on any atom is -0.496 e. The fourth-order valence-corrected chi connectivity index (χ4v) is 8.94. The second-order valence-electron chi connectivity index (χ2n) is 10.4. The van der Waals surface area contributed by atoms with E-state index in [9.17, 15) is 4.79 Å². The first-order valence-electron chi connectivity index (χ1n) is 13.9. The van der Waals surface area contributed by atoms with E-state index in [1.807, 2.05) is 47.0 Å². The lowest BCUT2D eigenvalue weighted by Gasteiger charge is -2.31. The molecule has 0 saturated carbocycles. The molecule has 0 N–H and O–H groups in total. The molecule has 0 amide bonds. The van der Waals surface area contributed by atoms with Crippen LogP contribution in [-0.2, 0) is 13.0 Å². The maximum atomic E-state index is 14.4. The molecule has 214 valence electrons. The summed E-state index contributed by atoms with van der Waals surface area (Å²) < 4.78 is 16.7. The van der Waals surface area contributed by atoms with Crippen LogP contribution in [0.3, 0.4) is 0 Å². The number of ether oxygens (including phenoxy) is 2. The zero-order valence-electron chi connectivity index (χ0n) is 23.2. The van der Waals surface area contributed by atoms with Crippen LogP contribution in [0.25, 0.3) is 11.8 Å². The number of fused-ring (bicyclic) bond motifs is 3. The monoisotopic (exact) mass is 808 g/mol. The number of allylic oxidation sites excluding steroid dienone is 1. The number of halogens is 2. The summed E-state index contributed by atoms with van der Waals surface area (Å²) >= 11 is 6.06. The van der Waals surface area contributed by atoms with E-state index >= 15 is 0 Å². The molecule has 2 aliphatic rings. The van der Waals surface area contributed by atoms with Gasteiger partial charge in [-0.05, 0) is 99.0 Å². The molecule has 5 nitrogen and oxygen atoms in total. The fourth-order valence-electron chi connectivity index (χ4n) is 5.90. The first-order valence-corrected chi connectivity index (χ1v) is 16.9. The van der Waals surface area contributed by atoms with Crippen molar-refractivity contribution < 1.29 is 9.47 Å². The van der Waals surface area contributed by atoms with Gasteiger partial charge in [0.2, 0.25) is 0 Å². The van der Waals surface area contributed by atoms with E-state index in [2.05, 4.69) is 99.8 Å². The number of hydrogen-bond acceptors (Lipinski definition) is 5. The van der Waals surface area contributed by atoms with E-state index < -0.39 is 0 Å². The van der Waals surface area contributed by atoms with Gasteiger partial charge in [-0.15, -0.1) is 0 Å². The van der Waals surface area contributed by atoms with Crippen LogP contribution in [0.1, 0.15) is 40.3 Å². The molecule has 0 unspecified atom stereocenters. The fraction of sp³-hybridized carbons (Fsp3) is 0.143.